The lowest BCUT2D eigenvalue weighted by atomic mass is 10.3. The van der Waals surface area contributed by atoms with Crippen LogP contribution in [0.5, 0.6) is 0 Å². The van der Waals surface area contributed by atoms with E-state index in [0.29, 0.717) is 0 Å². The summed E-state index contributed by atoms with van der Waals surface area (Å²) in [6, 6.07) is 8.17. The first-order valence-corrected chi connectivity index (χ1v) is 9.83. The number of fused-ring (bicyclic) bond motifs is 1. The second-order valence-corrected chi connectivity index (χ2v) is 7.80. The normalized spacial score (nSPS) is 11.7. The van der Waals surface area contributed by atoms with Crippen LogP contribution in [0.4, 0.5) is 5.13 Å². The highest BCUT2D eigenvalue weighted by Crippen LogP contribution is 2.24. The fourth-order valence-electron chi connectivity index (χ4n) is 2.32. The summed E-state index contributed by atoms with van der Waals surface area (Å²) in [6.45, 7) is 4.45. The van der Waals surface area contributed by atoms with E-state index in [1.807, 2.05) is 24.4 Å². The fourth-order valence-corrected chi connectivity index (χ4v) is 4.00. The fraction of sp³-hybridized carbons (Fsp3) is 0.353. The van der Waals surface area contributed by atoms with Crippen LogP contribution in [0.1, 0.15) is 9.88 Å². The van der Waals surface area contributed by atoms with Crippen LogP contribution in [0.25, 0.3) is 10.2 Å². The second-order valence-electron chi connectivity index (χ2n) is 5.45. The van der Waals surface area contributed by atoms with Gasteiger partial charge in [0.15, 0.2) is 11.1 Å². The van der Waals surface area contributed by atoms with Crippen molar-refractivity contribution in [3.63, 3.8) is 0 Å². The first-order valence-electron chi connectivity index (χ1n) is 8.20. The Morgan fingerprint density at radius 2 is 1.96 bits per heavy atom. The van der Waals surface area contributed by atoms with Crippen LogP contribution < -0.4 is 16.0 Å². The number of aryl methyl sites for hydroxylation is 1. The molecule has 0 unspecified atom stereocenters. The molecule has 8 heteroatoms. The van der Waals surface area contributed by atoms with Crippen molar-refractivity contribution in [2.75, 3.05) is 32.0 Å². The molecule has 0 saturated carbocycles. The molecule has 2 aromatic heterocycles. The number of nitrogens with zero attached hydrogens (tertiary/aromatic N) is 3. The van der Waals surface area contributed by atoms with Crippen molar-refractivity contribution in [1.82, 2.24) is 20.6 Å². The van der Waals surface area contributed by atoms with Crippen LogP contribution in [-0.4, -0.2) is 42.6 Å². The molecule has 6 nitrogen and oxygen atoms in total. The lowest BCUT2D eigenvalue weighted by Gasteiger charge is -2.11. The van der Waals surface area contributed by atoms with Gasteiger partial charge in [-0.1, -0.05) is 23.5 Å². The van der Waals surface area contributed by atoms with Gasteiger partial charge in [0.2, 0.25) is 0 Å². The Labute approximate surface area is 155 Å². The predicted octanol–water partition coefficient (Wildman–Crippen LogP) is 2.88. The monoisotopic (exact) mass is 374 g/mol. The number of aliphatic imine (C=N–C) groups is 1. The van der Waals surface area contributed by atoms with Gasteiger partial charge in [-0.15, -0.1) is 11.3 Å². The topological polar surface area (TPSA) is 74.2 Å². The van der Waals surface area contributed by atoms with Crippen molar-refractivity contribution in [2.45, 2.75) is 13.3 Å². The molecule has 3 rings (SSSR count). The number of aromatic nitrogens is 2. The first kappa shape index (κ1) is 17.6. The van der Waals surface area contributed by atoms with Crippen molar-refractivity contribution >= 4 is 44.0 Å². The van der Waals surface area contributed by atoms with Gasteiger partial charge >= 0.3 is 0 Å². The highest BCUT2D eigenvalue weighted by molar-refractivity contribution is 7.22. The Morgan fingerprint density at radius 1 is 1.12 bits per heavy atom. The summed E-state index contributed by atoms with van der Waals surface area (Å²) >= 11 is 3.41. The molecule has 0 aliphatic rings. The standard InChI is InChI=1S/C17H22N6S2/c1-12-11-22-15(24-12)7-8-19-16(18-2)20-9-10-21-17-23-13-5-3-4-6-14(13)25-17/h3-6,11H,7-10H2,1-2H3,(H,21,23)(H2,18,19,20). The molecule has 0 aliphatic carbocycles. The van der Waals surface area contributed by atoms with Crippen LogP contribution in [0, 0.1) is 6.92 Å². The second kappa shape index (κ2) is 8.77. The molecule has 132 valence electrons. The summed E-state index contributed by atoms with van der Waals surface area (Å²) in [4.78, 5) is 14.4. The zero-order valence-corrected chi connectivity index (χ0v) is 16.0. The smallest absolute Gasteiger partial charge is 0.191 e. The molecule has 3 N–H and O–H groups in total. The Kier molecular flexibility index (Phi) is 6.19. The van der Waals surface area contributed by atoms with E-state index in [0.717, 1.165) is 47.7 Å². The molecular formula is C17H22N6S2. The lowest BCUT2D eigenvalue weighted by molar-refractivity contribution is 0.795. The van der Waals surface area contributed by atoms with E-state index in [9.17, 15) is 0 Å². The minimum absolute atomic E-state index is 0.770. The molecule has 0 atom stereocenters. The SMILES string of the molecule is CN=C(NCCNc1nc2ccccc2s1)NCCc1ncc(C)s1. The maximum atomic E-state index is 4.56. The Hall–Kier alpha value is -2.19. The predicted molar refractivity (Wildman–Crippen MR) is 108 cm³/mol. The molecule has 0 bridgehead atoms. The summed E-state index contributed by atoms with van der Waals surface area (Å²) < 4.78 is 1.20. The molecule has 0 saturated heterocycles. The number of anilines is 1. The van der Waals surface area contributed by atoms with Gasteiger partial charge in [-0.3, -0.25) is 4.99 Å². The number of rotatable bonds is 7. The maximum absolute atomic E-state index is 4.56. The average molecular weight is 375 g/mol. The first-order chi connectivity index (χ1) is 12.2. The van der Waals surface area contributed by atoms with E-state index < -0.39 is 0 Å². The van der Waals surface area contributed by atoms with Crippen LogP contribution >= 0.6 is 22.7 Å². The third-order valence-corrected chi connectivity index (χ3v) is 5.48. The van der Waals surface area contributed by atoms with E-state index in [1.54, 1.807) is 29.7 Å². The number of benzene rings is 1. The van der Waals surface area contributed by atoms with Crippen molar-refractivity contribution in [2.24, 2.45) is 4.99 Å². The average Bonchev–Trinajstić information content (AvgIpc) is 3.22. The third kappa shape index (κ3) is 5.14. The van der Waals surface area contributed by atoms with Crippen molar-refractivity contribution < 1.29 is 0 Å². The summed E-state index contributed by atoms with van der Waals surface area (Å²) in [5.74, 6) is 0.805. The van der Waals surface area contributed by atoms with Crippen molar-refractivity contribution in [3.8, 4) is 0 Å². The highest BCUT2D eigenvalue weighted by Gasteiger charge is 2.03. The minimum atomic E-state index is 0.770. The molecule has 0 amide bonds. The molecular weight excluding hydrogens is 352 g/mol. The number of hydrogen-bond donors (Lipinski definition) is 3. The van der Waals surface area contributed by atoms with Crippen molar-refractivity contribution in [3.05, 3.63) is 40.3 Å². The molecule has 0 spiro atoms. The van der Waals surface area contributed by atoms with Gasteiger partial charge in [-0.2, -0.15) is 0 Å². The van der Waals surface area contributed by atoms with E-state index >= 15 is 0 Å². The molecule has 0 aliphatic heterocycles. The number of guanidine groups is 1. The van der Waals surface area contributed by atoms with Crippen LogP contribution in [0.15, 0.2) is 35.5 Å². The van der Waals surface area contributed by atoms with E-state index in [-0.39, 0.29) is 0 Å². The number of para-hydroxylation sites is 1. The van der Waals surface area contributed by atoms with Crippen LogP contribution in [0.2, 0.25) is 0 Å². The van der Waals surface area contributed by atoms with Gasteiger partial charge in [0.25, 0.3) is 0 Å². The molecule has 1 aromatic carbocycles. The Balaban J connectivity index is 1.36. The zero-order chi connectivity index (χ0) is 17.5. The quantitative estimate of drug-likeness (QED) is 0.337. The number of thiazole rings is 2. The van der Waals surface area contributed by atoms with E-state index in [1.165, 1.54) is 9.58 Å². The van der Waals surface area contributed by atoms with Crippen molar-refractivity contribution in [1.29, 1.82) is 0 Å². The minimum Gasteiger partial charge on any atom is -0.360 e. The summed E-state index contributed by atoms with van der Waals surface area (Å²) in [5, 5.41) is 12.1. The Morgan fingerprint density at radius 3 is 2.72 bits per heavy atom. The zero-order valence-electron chi connectivity index (χ0n) is 14.4. The largest absolute Gasteiger partial charge is 0.360 e. The third-order valence-electron chi connectivity index (χ3n) is 3.51. The lowest BCUT2D eigenvalue weighted by Crippen LogP contribution is -2.40. The highest BCUT2D eigenvalue weighted by atomic mass is 32.1. The van der Waals surface area contributed by atoms with Crippen LogP contribution in [-0.2, 0) is 6.42 Å². The van der Waals surface area contributed by atoms with Gasteiger partial charge in [0.1, 0.15) is 0 Å². The van der Waals surface area contributed by atoms with Gasteiger partial charge in [-0.05, 0) is 19.1 Å². The molecule has 0 radical (unpaired) electrons. The molecule has 25 heavy (non-hydrogen) atoms. The van der Waals surface area contributed by atoms with Gasteiger partial charge in [0, 0.05) is 44.2 Å². The van der Waals surface area contributed by atoms with Gasteiger partial charge < -0.3 is 16.0 Å². The molecule has 3 aromatic rings. The number of nitrogens with one attached hydrogen (secondary N) is 3. The summed E-state index contributed by atoms with van der Waals surface area (Å²) in [7, 11) is 1.78. The molecule has 2 heterocycles. The summed E-state index contributed by atoms with van der Waals surface area (Å²) in [5.41, 5.74) is 1.04. The molecule has 0 fully saturated rings. The van der Waals surface area contributed by atoms with E-state index in [2.05, 4.69) is 43.9 Å². The van der Waals surface area contributed by atoms with E-state index in [4.69, 9.17) is 0 Å². The maximum Gasteiger partial charge on any atom is 0.191 e. The number of hydrogen-bond acceptors (Lipinski definition) is 6. The Bertz CT molecular complexity index is 805. The van der Waals surface area contributed by atoms with Crippen LogP contribution in [0.3, 0.4) is 0 Å². The van der Waals surface area contributed by atoms with Gasteiger partial charge in [-0.25, -0.2) is 9.97 Å². The van der Waals surface area contributed by atoms with Gasteiger partial charge in [0.05, 0.1) is 15.2 Å². The summed E-state index contributed by atoms with van der Waals surface area (Å²) in [6.07, 6.45) is 2.82.